The second-order valence-corrected chi connectivity index (χ2v) is 6.05. The van der Waals surface area contributed by atoms with Crippen LogP contribution in [0.5, 0.6) is 0 Å². The number of aliphatic imine (C=N–C) groups is 1. The van der Waals surface area contributed by atoms with Gasteiger partial charge in [-0.1, -0.05) is 6.08 Å². The Morgan fingerprint density at radius 2 is 1.96 bits per heavy atom. The Hall–Kier alpha value is -2.88. The van der Waals surface area contributed by atoms with Gasteiger partial charge >= 0.3 is 0 Å². The molecule has 0 radical (unpaired) electrons. The third-order valence-electron chi connectivity index (χ3n) is 4.05. The first-order chi connectivity index (χ1) is 12.2. The fraction of sp³-hybridized carbons (Fsp3) is 0.238. The van der Waals surface area contributed by atoms with E-state index >= 15 is 0 Å². The van der Waals surface area contributed by atoms with Crippen molar-refractivity contribution in [1.82, 2.24) is 15.0 Å². The number of nitrogens with zero attached hydrogens (tertiary/aromatic N) is 4. The first kappa shape index (κ1) is 17.0. The van der Waals surface area contributed by atoms with Gasteiger partial charge in [0, 0.05) is 35.1 Å². The zero-order valence-electron chi connectivity index (χ0n) is 14.9. The van der Waals surface area contributed by atoms with Gasteiger partial charge in [0.05, 0.1) is 16.7 Å². The van der Waals surface area contributed by atoms with Gasteiger partial charge in [0.25, 0.3) is 0 Å². The lowest BCUT2D eigenvalue weighted by Gasteiger charge is -2.06. The van der Waals surface area contributed by atoms with Crippen LogP contribution in [0.25, 0.3) is 16.7 Å². The highest BCUT2D eigenvalue weighted by molar-refractivity contribution is 5.88. The number of allylic oxidation sites excluding steroid dienone is 1. The zero-order valence-corrected chi connectivity index (χ0v) is 14.9. The van der Waals surface area contributed by atoms with Crippen LogP contribution >= 0.6 is 0 Å². The average Bonchev–Trinajstić information content (AvgIpc) is 2.65. The molecular weight excluding hydrogens is 308 g/mol. The number of aryl methyl sites for hydroxylation is 2. The molecule has 0 aromatic carbocycles. The van der Waals surface area contributed by atoms with E-state index in [9.17, 15) is 0 Å². The van der Waals surface area contributed by atoms with Crippen molar-refractivity contribution in [2.24, 2.45) is 4.99 Å². The molecule has 4 nitrogen and oxygen atoms in total. The van der Waals surface area contributed by atoms with Crippen LogP contribution < -0.4 is 0 Å². The Labute approximate surface area is 148 Å². The maximum atomic E-state index is 4.77. The molecule has 0 N–H and O–H groups in total. The predicted octanol–water partition coefficient (Wildman–Crippen LogP) is 4.79. The van der Waals surface area contributed by atoms with Crippen molar-refractivity contribution < 1.29 is 0 Å². The van der Waals surface area contributed by atoms with Gasteiger partial charge in [0.15, 0.2) is 0 Å². The minimum atomic E-state index is 0.864. The molecule has 0 saturated carbocycles. The monoisotopic (exact) mass is 330 g/mol. The summed E-state index contributed by atoms with van der Waals surface area (Å²) in [6.45, 7) is 6.05. The fourth-order valence-electron chi connectivity index (χ4n) is 2.62. The van der Waals surface area contributed by atoms with Crippen molar-refractivity contribution in [3.8, 4) is 0 Å². The van der Waals surface area contributed by atoms with Crippen molar-refractivity contribution in [2.45, 2.75) is 33.6 Å². The summed E-state index contributed by atoms with van der Waals surface area (Å²) in [5.74, 6) is 0. The molecule has 0 amide bonds. The first-order valence-corrected chi connectivity index (χ1v) is 8.50. The highest BCUT2D eigenvalue weighted by Crippen LogP contribution is 2.17. The molecular formula is C21H22N4. The molecule has 0 saturated heterocycles. The lowest BCUT2D eigenvalue weighted by molar-refractivity contribution is 0.978. The molecule has 0 unspecified atom stereocenters. The van der Waals surface area contributed by atoms with Crippen LogP contribution in [0.4, 0.5) is 0 Å². The highest BCUT2D eigenvalue weighted by Gasteiger charge is 2.03. The van der Waals surface area contributed by atoms with E-state index in [2.05, 4.69) is 27.9 Å². The molecule has 3 heterocycles. The van der Waals surface area contributed by atoms with Crippen LogP contribution in [0.1, 0.15) is 37.2 Å². The standard InChI is InChI=1S/C21H22N4/c1-4-19(17-9-7-15(2)23-14-17)24-16(3)8-10-18-11-12-20-21(25-18)6-5-13-22-20/h4-7,9,11-14H,8,10H2,1-3H3/b19-4-,24-16?. The van der Waals surface area contributed by atoms with Crippen molar-refractivity contribution in [2.75, 3.05) is 0 Å². The minimum absolute atomic E-state index is 0.864. The molecule has 3 rings (SSSR count). The molecule has 0 aliphatic rings. The molecule has 4 heteroatoms. The van der Waals surface area contributed by atoms with Gasteiger partial charge < -0.3 is 0 Å². The maximum Gasteiger partial charge on any atom is 0.0889 e. The first-order valence-electron chi connectivity index (χ1n) is 8.50. The van der Waals surface area contributed by atoms with E-state index in [0.717, 1.165) is 52.2 Å². The Morgan fingerprint density at radius 3 is 2.72 bits per heavy atom. The number of rotatable bonds is 5. The number of aromatic nitrogens is 3. The summed E-state index contributed by atoms with van der Waals surface area (Å²) in [5.41, 5.74) is 7.03. The largest absolute Gasteiger partial charge is 0.261 e. The number of fused-ring (bicyclic) bond motifs is 1. The van der Waals surface area contributed by atoms with Crippen LogP contribution in [0.2, 0.25) is 0 Å². The lowest BCUT2D eigenvalue weighted by atomic mass is 10.1. The second kappa shape index (κ2) is 7.79. The Kier molecular flexibility index (Phi) is 5.29. The molecule has 25 heavy (non-hydrogen) atoms. The van der Waals surface area contributed by atoms with E-state index in [1.807, 2.05) is 56.5 Å². The average molecular weight is 330 g/mol. The quantitative estimate of drug-likeness (QED) is 0.632. The third kappa shape index (κ3) is 4.35. The topological polar surface area (TPSA) is 51.0 Å². The summed E-state index contributed by atoms with van der Waals surface area (Å²) in [5, 5.41) is 0. The SMILES string of the molecule is C/C=C(\N=C(C)CCc1ccc2ncccc2n1)c1ccc(C)nc1. The third-order valence-corrected chi connectivity index (χ3v) is 4.05. The van der Waals surface area contributed by atoms with Crippen molar-refractivity contribution in [1.29, 1.82) is 0 Å². The van der Waals surface area contributed by atoms with Crippen LogP contribution in [-0.2, 0) is 6.42 Å². The Balaban J connectivity index is 1.70. The molecule has 3 aromatic heterocycles. The lowest BCUT2D eigenvalue weighted by Crippen LogP contribution is -1.99. The van der Waals surface area contributed by atoms with E-state index in [1.165, 1.54) is 0 Å². The predicted molar refractivity (Wildman–Crippen MR) is 104 cm³/mol. The molecule has 0 fully saturated rings. The second-order valence-electron chi connectivity index (χ2n) is 6.05. The number of hydrogen-bond acceptors (Lipinski definition) is 4. The molecule has 0 atom stereocenters. The number of pyridine rings is 3. The van der Waals surface area contributed by atoms with E-state index in [0.29, 0.717) is 0 Å². The summed E-state index contributed by atoms with van der Waals surface area (Å²) in [4.78, 5) is 18.1. The summed E-state index contributed by atoms with van der Waals surface area (Å²) in [7, 11) is 0. The summed E-state index contributed by atoms with van der Waals surface area (Å²) < 4.78 is 0. The highest BCUT2D eigenvalue weighted by atomic mass is 14.8. The van der Waals surface area contributed by atoms with Crippen LogP contribution in [0, 0.1) is 6.92 Å². The molecule has 0 bridgehead atoms. The van der Waals surface area contributed by atoms with Gasteiger partial charge in [-0.2, -0.15) is 0 Å². The van der Waals surface area contributed by atoms with Gasteiger partial charge in [-0.15, -0.1) is 0 Å². The van der Waals surface area contributed by atoms with Gasteiger partial charge in [0.1, 0.15) is 0 Å². The van der Waals surface area contributed by atoms with Crippen LogP contribution in [-0.4, -0.2) is 20.7 Å². The van der Waals surface area contributed by atoms with Crippen LogP contribution in [0.3, 0.4) is 0 Å². The fourth-order valence-corrected chi connectivity index (χ4v) is 2.62. The van der Waals surface area contributed by atoms with Gasteiger partial charge in [0.2, 0.25) is 0 Å². The summed E-state index contributed by atoms with van der Waals surface area (Å²) in [6.07, 6.45) is 7.42. The molecule has 0 spiro atoms. The molecule has 0 aliphatic carbocycles. The van der Waals surface area contributed by atoms with Crippen molar-refractivity contribution in [3.63, 3.8) is 0 Å². The van der Waals surface area contributed by atoms with Gasteiger partial charge in [-0.25, -0.2) is 0 Å². The Bertz CT molecular complexity index is 924. The summed E-state index contributed by atoms with van der Waals surface area (Å²) in [6, 6.07) is 12.1. The summed E-state index contributed by atoms with van der Waals surface area (Å²) >= 11 is 0. The molecule has 126 valence electrons. The van der Waals surface area contributed by atoms with E-state index in [4.69, 9.17) is 4.99 Å². The maximum absolute atomic E-state index is 4.77. The van der Waals surface area contributed by atoms with Crippen molar-refractivity contribution >= 4 is 22.4 Å². The van der Waals surface area contributed by atoms with Gasteiger partial charge in [-0.3, -0.25) is 19.9 Å². The van der Waals surface area contributed by atoms with Gasteiger partial charge in [-0.05, 0) is 70.0 Å². The van der Waals surface area contributed by atoms with Crippen LogP contribution in [0.15, 0.2) is 59.9 Å². The number of hydrogen-bond donors (Lipinski definition) is 0. The Morgan fingerprint density at radius 1 is 1.08 bits per heavy atom. The van der Waals surface area contributed by atoms with E-state index < -0.39 is 0 Å². The van der Waals surface area contributed by atoms with E-state index in [-0.39, 0.29) is 0 Å². The minimum Gasteiger partial charge on any atom is -0.261 e. The van der Waals surface area contributed by atoms with Crippen molar-refractivity contribution in [3.05, 3.63) is 71.8 Å². The zero-order chi connectivity index (χ0) is 17.6. The smallest absolute Gasteiger partial charge is 0.0889 e. The molecule has 0 aliphatic heterocycles. The molecule has 3 aromatic rings. The van der Waals surface area contributed by atoms with E-state index in [1.54, 1.807) is 6.20 Å². The normalized spacial score (nSPS) is 12.6.